The number of hydrogen-bond acceptors (Lipinski definition) is 2. The van der Waals surface area contributed by atoms with Gasteiger partial charge >= 0.3 is 0 Å². The van der Waals surface area contributed by atoms with E-state index in [0.717, 1.165) is 5.92 Å². The van der Waals surface area contributed by atoms with E-state index in [1.54, 1.807) is 0 Å². The molecule has 0 radical (unpaired) electrons. The number of benzene rings is 1. The fourth-order valence-electron chi connectivity index (χ4n) is 2.53. The van der Waals surface area contributed by atoms with E-state index >= 15 is 0 Å². The molecule has 94 valence electrons. The molecular formula is C15H24N2. The van der Waals surface area contributed by atoms with Gasteiger partial charge in [0.25, 0.3) is 0 Å². The van der Waals surface area contributed by atoms with E-state index in [9.17, 15) is 0 Å². The van der Waals surface area contributed by atoms with Gasteiger partial charge in [0.05, 0.1) is 0 Å². The van der Waals surface area contributed by atoms with Crippen LogP contribution in [0.15, 0.2) is 24.3 Å². The normalized spacial score (nSPS) is 17.1. The second-order valence-electron chi connectivity index (χ2n) is 5.30. The van der Waals surface area contributed by atoms with Crippen LogP contribution in [0.4, 0.5) is 5.69 Å². The molecule has 0 aromatic heterocycles. The number of aryl methyl sites for hydroxylation is 1. The summed E-state index contributed by atoms with van der Waals surface area (Å²) in [6.07, 6.45) is 5.28. The van der Waals surface area contributed by atoms with Crippen LogP contribution in [-0.2, 0) is 6.42 Å². The molecule has 0 aliphatic carbocycles. The highest BCUT2D eigenvalue weighted by Crippen LogP contribution is 2.20. The molecule has 17 heavy (non-hydrogen) atoms. The zero-order valence-corrected chi connectivity index (χ0v) is 11.1. The Morgan fingerprint density at radius 1 is 1.24 bits per heavy atom. The predicted molar refractivity (Wildman–Crippen MR) is 74.7 cm³/mol. The van der Waals surface area contributed by atoms with E-state index in [0.29, 0.717) is 0 Å². The third-order valence-electron chi connectivity index (χ3n) is 3.73. The molecule has 0 spiro atoms. The Labute approximate surface area is 105 Å². The fourth-order valence-corrected chi connectivity index (χ4v) is 2.53. The molecule has 0 bridgehead atoms. The van der Waals surface area contributed by atoms with E-state index in [-0.39, 0.29) is 0 Å². The Bertz CT molecular complexity index is 341. The van der Waals surface area contributed by atoms with Crippen molar-refractivity contribution in [2.45, 2.75) is 25.7 Å². The number of anilines is 1. The SMILES string of the molecule is CN(C)c1cccc(CCC2CCNCC2)c1. The lowest BCUT2D eigenvalue weighted by atomic mass is 9.91. The quantitative estimate of drug-likeness (QED) is 0.858. The molecule has 2 rings (SSSR count). The number of nitrogens with one attached hydrogen (secondary N) is 1. The van der Waals surface area contributed by atoms with Crippen molar-refractivity contribution in [1.82, 2.24) is 5.32 Å². The summed E-state index contributed by atoms with van der Waals surface area (Å²) in [5.41, 5.74) is 2.79. The summed E-state index contributed by atoms with van der Waals surface area (Å²) in [4.78, 5) is 2.17. The maximum Gasteiger partial charge on any atom is 0.0363 e. The summed E-state index contributed by atoms with van der Waals surface area (Å²) in [7, 11) is 4.21. The molecule has 1 fully saturated rings. The van der Waals surface area contributed by atoms with Crippen LogP contribution in [0.3, 0.4) is 0 Å². The second-order valence-corrected chi connectivity index (χ2v) is 5.30. The van der Waals surface area contributed by atoms with E-state index < -0.39 is 0 Å². The molecule has 1 aliphatic heterocycles. The lowest BCUT2D eigenvalue weighted by Gasteiger charge is -2.22. The first-order valence-corrected chi connectivity index (χ1v) is 6.72. The average Bonchev–Trinajstić information content (AvgIpc) is 2.38. The molecule has 0 amide bonds. The van der Waals surface area contributed by atoms with Crippen molar-refractivity contribution in [2.24, 2.45) is 5.92 Å². The van der Waals surface area contributed by atoms with Crippen molar-refractivity contribution in [1.29, 1.82) is 0 Å². The van der Waals surface area contributed by atoms with E-state index in [1.807, 2.05) is 0 Å². The number of rotatable bonds is 4. The van der Waals surface area contributed by atoms with E-state index in [2.05, 4.69) is 48.6 Å². The molecular weight excluding hydrogens is 208 g/mol. The monoisotopic (exact) mass is 232 g/mol. The van der Waals surface area contributed by atoms with Gasteiger partial charge in [0.2, 0.25) is 0 Å². The van der Waals surface area contributed by atoms with Gasteiger partial charge in [0.15, 0.2) is 0 Å². The van der Waals surface area contributed by atoms with E-state index in [1.165, 1.54) is 50.0 Å². The van der Waals surface area contributed by atoms with Gasteiger partial charge in [-0.15, -0.1) is 0 Å². The van der Waals surface area contributed by atoms with Crippen LogP contribution >= 0.6 is 0 Å². The van der Waals surface area contributed by atoms with Gasteiger partial charge in [0, 0.05) is 19.8 Å². The summed E-state index contributed by atoms with van der Waals surface area (Å²) < 4.78 is 0. The van der Waals surface area contributed by atoms with Crippen LogP contribution in [0.25, 0.3) is 0 Å². The molecule has 0 saturated carbocycles. The summed E-state index contributed by atoms with van der Waals surface area (Å²) in [5.74, 6) is 0.930. The van der Waals surface area contributed by atoms with Crippen molar-refractivity contribution in [2.75, 3.05) is 32.1 Å². The maximum absolute atomic E-state index is 3.43. The first-order valence-electron chi connectivity index (χ1n) is 6.72. The Balaban J connectivity index is 1.87. The Kier molecular flexibility index (Phi) is 4.43. The lowest BCUT2D eigenvalue weighted by Crippen LogP contribution is -2.27. The molecule has 1 aliphatic rings. The minimum absolute atomic E-state index is 0.930. The molecule has 2 heteroatoms. The Morgan fingerprint density at radius 2 is 2.00 bits per heavy atom. The van der Waals surface area contributed by atoms with Crippen molar-refractivity contribution in [3.63, 3.8) is 0 Å². The molecule has 1 aromatic rings. The lowest BCUT2D eigenvalue weighted by molar-refractivity contribution is 0.354. The predicted octanol–water partition coefficient (Wildman–Crippen LogP) is 2.68. The largest absolute Gasteiger partial charge is 0.378 e. The van der Waals surface area contributed by atoms with Gasteiger partial charge in [0.1, 0.15) is 0 Å². The van der Waals surface area contributed by atoms with Crippen LogP contribution in [0, 0.1) is 5.92 Å². The van der Waals surface area contributed by atoms with Gasteiger partial charge < -0.3 is 10.2 Å². The minimum atomic E-state index is 0.930. The number of hydrogen-bond donors (Lipinski definition) is 1. The van der Waals surface area contributed by atoms with Gasteiger partial charge in [-0.05, 0) is 62.4 Å². The molecule has 1 heterocycles. The highest BCUT2D eigenvalue weighted by atomic mass is 15.1. The van der Waals surface area contributed by atoms with Crippen LogP contribution in [0.2, 0.25) is 0 Å². The van der Waals surface area contributed by atoms with Gasteiger partial charge in [-0.2, -0.15) is 0 Å². The summed E-state index contributed by atoms with van der Waals surface area (Å²) in [6.45, 7) is 2.42. The smallest absolute Gasteiger partial charge is 0.0363 e. The number of piperidine rings is 1. The summed E-state index contributed by atoms with van der Waals surface area (Å²) in [5, 5.41) is 3.43. The first-order chi connectivity index (χ1) is 8.25. The molecule has 1 aromatic carbocycles. The van der Waals surface area contributed by atoms with Crippen molar-refractivity contribution < 1.29 is 0 Å². The zero-order chi connectivity index (χ0) is 12.1. The summed E-state index contributed by atoms with van der Waals surface area (Å²) in [6, 6.07) is 8.93. The molecule has 2 nitrogen and oxygen atoms in total. The minimum Gasteiger partial charge on any atom is -0.378 e. The average molecular weight is 232 g/mol. The van der Waals surface area contributed by atoms with Crippen LogP contribution in [0.5, 0.6) is 0 Å². The van der Waals surface area contributed by atoms with Gasteiger partial charge in [-0.1, -0.05) is 12.1 Å². The second kappa shape index (κ2) is 6.06. The third-order valence-corrected chi connectivity index (χ3v) is 3.73. The highest BCUT2D eigenvalue weighted by Gasteiger charge is 2.12. The summed E-state index contributed by atoms with van der Waals surface area (Å²) >= 11 is 0. The number of nitrogens with zero attached hydrogens (tertiary/aromatic N) is 1. The van der Waals surface area contributed by atoms with Crippen LogP contribution < -0.4 is 10.2 Å². The van der Waals surface area contributed by atoms with Crippen LogP contribution in [-0.4, -0.2) is 27.2 Å². The van der Waals surface area contributed by atoms with Gasteiger partial charge in [-0.25, -0.2) is 0 Å². The van der Waals surface area contributed by atoms with Crippen molar-refractivity contribution >= 4 is 5.69 Å². The molecule has 0 atom stereocenters. The Hall–Kier alpha value is -1.02. The zero-order valence-electron chi connectivity index (χ0n) is 11.1. The maximum atomic E-state index is 3.43. The van der Waals surface area contributed by atoms with Crippen molar-refractivity contribution in [3.8, 4) is 0 Å². The topological polar surface area (TPSA) is 15.3 Å². The van der Waals surface area contributed by atoms with Gasteiger partial charge in [-0.3, -0.25) is 0 Å². The van der Waals surface area contributed by atoms with E-state index in [4.69, 9.17) is 0 Å². The van der Waals surface area contributed by atoms with Crippen molar-refractivity contribution in [3.05, 3.63) is 29.8 Å². The third kappa shape index (κ3) is 3.74. The molecule has 1 N–H and O–H groups in total. The highest BCUT2D eigenvalue weighted by molar-refractivity contribution is 5.47. The first kappa shape index (κ1) is 12.4. The standard InChI is InChI=1S/C15H24N2/c1-17(2)15-5-3-4-14(12-15)7-6-13-8-10-16-11-9-13/h3-5,12-13,16H,6-11H2,1-2H3. The van der Waals surface area contributed by atoms with Crippen LogP contribution in [0.1, 0.15) is 24.8 Å². The molecule has 0 unspecified atom stereocenters. The Morgan fingerprint density at radius 3 is 2.71 bits per heavy atom. The fraction of sp³-hybridized carbons (Fsp3) is 0.600. The molecule has 1 saturated heterocycles.